The summed E-state index contributed by atoms with van der Waals surface area (Å²) in [5.41, 5.74) is 0.911. The molecular formula is C12H13P. The monoisotopic (exact) mass is 188 g/mol. The Bertz CT molecular complexity index is 366. The van der Waals surface area contributed by atoms with Crippen LogP contribution in [0, 0.1) is 5.41 Å². The maximum absolute atomic E-state index is 2.34. The third kappa shape index (κ3) is 0.726. The van der Waals surface area contributed by atoms with Crippen molar-refractivity contribution in [1.82, 2.24) is 0 Å². The molecule has 1 saturated heterocycles. The molecule has 1 aromatic carbocycles. The van der Waals surface area contributed by atoms with Crippen LogP contribution in [0.15, 0.2) is 30.3 Å². The molecule has 2 aliphatic carbocycles. The van der Waals surface area contributed by atoms with Gasteiger partial charge in [-0.3, -0.25) is 0 Å². The summed E-state index contributed by atoms with van der Waals surface area (Å²) < 4.78 is 0. The van der Waals surface area contributed by atoms with Crippen molar-refractivity contribution < 1.29 is 0 Å². The fraction of sp³-hybridized carbons (Fsp3) is 0.500. The summed E-state index contributed by atoms with van der Waals surface area (Å²) in [5, 5.41) is 2.56. The van der Waals surface area contributed by atoms with Gasteiger partial charge in [-0.05, 0) is 36.1 Å². The Morgan fingerprint density at radius 1 is 1.08 bits per heavy atom. The minimum Gasteiger partial charge on any atom is -0.0671 e. The quantitative estimate of drug-likeness (QED) is 0.594. The third-order valence-corrected chi connectivity index (χ3v) is 7.47. The van der Waals surface area contributed by atoms with Gasteiger partial charge in [0.15, 0.2) is 0 Å². The summed E-state index contributed by atoms with van der Waals surface area (Å²) in [6.45, 7) is 0. The van der Waals surface area contributed by atoms with E-state index in [1.54, 1.807) is 30.7 Å². The van der Waals surface area contributed by atoms with Crippen LogP contribution >= 0.6 is 7.92 Å². The number of fused-ring (bicyclic) bond motifs is 1. The molecule has 66 valence electrons. The van der Waals surface area contributed by atoms with E-state index in [-0.39, 0.29) is 0 Å². The molecule has 1 heteroatoms. The van der Waals surface area contributed by atoms with E-state index in [1.165, 1.54) is 0 Å². The van der Waals surface area contributed by atoms with Gasteiger partial charge in [-0.25, -0.2) is 0 Å². The summed E-state index contributed by atoms with van der Waals surface area (Å²) >= 11 is 0. The van der Waals surface area contributed by atoms with Crippen LogP contribution in [0.4, 0.5) is 0 Å². The van der Waals surface area contributed by atoms with Crippen molar-refractivity contribution in [2.75, 3.05) is 6.16 Å². The molecule has 2 saturated carbocycles. The van der Waals surface area contributed by atoms with E-state index >= 15 is 0 Å². The van der Waals surface area contributed by atoms with Crippen LogP contribution in [0.3, 0.4) is 0 Å². The topological polar surface area (TPSA) is 0 Å². The zero-order valence-corrected chi connectivity index (χ0v) is 8.56. The van der Waals surface area contributed by atoms with Crippen molar-refractivity contribution >= 4 is 13.2 Å². The van der Waals surface area contributed by atoms with Gasteiger partial charge < -0.3 is 0 Å². The van der Waals surface area contributed by atoms with Crippen molar-refractivity contribution in [2.24, 2.45) is 5.41 Å². The lowest BCUT2D eigenvalue weighted by atomic mass is 10.3. The van der Waals surface area contributed by atoms with E-state index in [9.17, 15) is 0 Å². The Labute approximate surface area is 80.1 Å². The van der Waals surface area contributed by atoms with Crippen LogP contribution in [-0.4, -0.2) is 11.3 Å². The SMILES string of the molecule is c1ccc(P2CC23CC32CC2)cc1. The standard InChI is InChI=1S/C12H13P/c1-2-4-10(5-3-1)13-9-12(13)8-11(12)6-7-11/h1-5H,6-9H2. The van der Waals surface area contributed by atoms with E-state index in [0.29, 0.717) is 7.92 Å². The molecule has 1 heterocycles. The highest BCUT2D eigenvalue weighted by Gasteiger charge is 2.84. The Hall–Kier alpha value is -0.350. The first kappa shape index (κ1) is 7.01. The van der Waals surface area contributed by atoms with Gasteiger partial charge >= 0.3 is 0 Å². The minimum atomic E-state index is 0.297. The number of rotatable bonds is 1. The van der Waals surface area contributed by atoms with E-state index in [1.807, 2.05) is 0 Å². The van der Waals surface area contributed by atoms with Gasteiger partial charge in [-0.1, -0.05) is 38.3 Å². The molecule has 2 unspecified atom stereocenters. The Balaban J connectivity index is 1.67. The van der Waals surface area contributed by atoms with Crippen LogP contribution in [0.5, 0.6) is 0 Å². The van der Waals surface area contributed by atoms with E-state index in [2.05, 4.69) is 30.3 Å². The Kier molecular flexibility index (Phi) is 1.00. The highest BCUT2D eigenvalue weighted by Crippen LogP contribution is 2.95. The first-order valence-electron chi connectivity index (χ1n) is 5.19. The summed E-state index contributed by atoms with van der Waals surface area (Å²) in [6, 6.07) is 11.2. The summed E-state index contributed by atoms with van der Waals surface area (Å²) in [6.07, 6.45) is 6.25. The van der Waals surface area contributed by atoms with Crippen molar-refractivity contribution in [2.45, 2.75) is 24.4 Å². The minimum absolute atomic E-state index is 0.297. The van der Waals surface area contributed by atoms with Crippen molar-refractivity contribution in [3.63, 3.8) is 0 Å². The normalized spacial score (nSPS) is 42.3. The molecule has 0 aromatic heterocycles. The zero-order valence-electron chi connectivity index (χ0n) is 7.66. The smallest absolute Gasteiger partial charge is 0.00506 e. The molecular weight excluding hydrogens is 175 g/mol. The molecule has 0 nitrogen and oxygen atoms in total. The fourth-order valence-electron chi connectivity index (χ4n) is 3.09. The molecule has 3 aliphatic rings. The second-order valence-electron chi connectivity index (χ2n) is 4.91. The van der Waals surface area contributed by atoms with Gasteiger partial charge in [0.25, 0.3) is 0 Å². The predicted octanol–water partition coefficient (Wildman–Crippen LogP) is 2.73. The predicted molar refractivity (Wildman–Crippen MR) is 56.9 cm³/mol. The van der Waals surface area contributed by atoms with Crippen LogP contribution in [0.2, 0.25) is 0 Å². The number of hydrogen-bond donors (Lipinski definition) is 0. The molecule has 0 radical (unpaired) electrons. The largest absolute Gasteiger partial charge is 0.0671 e. The van der Waals surface area contributed by atoms with Gasteiger partial charge in [-0.2, -0.15) is 0 Å². The molecule has 2 spiro atoms. The lowest BCUT2D eigenvalue weighted by molar-refractivity contribution is 0.853. The highest BCUT2D eigenvalue weighted by atomic mass is 31.1. The zero-order chi connectivity index (χ0) is 8.52. The van der Waals surface area contributed by atoms with Crippen molar-refractivity contribution in [1.29, 1.82) is 0 Å². The molecule has 1 aliphatic heterocycles. The van der Waals surface area contributed by atoms with Gasteiger partial charge in [0, 0.05) is 5.16 Å². The Morgan fingerprint density at radius 2 is 1.85 bits per heavy atom. The van der Waals surface area contributed by atoms with Crippen molar-refractivity contribution in [3.05, 3.63) is 30.3 Å². The average Bonchev–Trinajstić information content (AvgIpc) is 3.06. The fourth-order valence-corrected chi connectivity index (χ4v) is 6.70. The molecule has 0 N–H and O–H groups in total. The Morgan fingerprint density at radius 3 is 2.46 bits per heavy atom. The van der Waals surface area contributed by atoms with E-state index < -0.39 is 0 Å². The van der Waals surface area contributed by atoms with Crippen LogP contribution in [0.25, 0.3) is 0 Å². The average molecular weight is 188 g/mol. The van der Waals surface area contributed by atoms with Crippen LogP contribution in [-0.2, 0) is 0 Å². The first-order chi connectivity index (χ1) is 6.36. The molecule has 4 rings (SSSR count). The van der Waals surface area contributed by atoms with Gasteiger partial charge in [-0.15, -0.1) is 0 Å². The van der Waals surface area contributed by atoms with E-state index in [0.717, 1.165) is 10.6 Å². The first-order valence-corrected chi connectivity index (χ1v) is 6.72. The molecule has 2 atom stereocenters. The molecule has 3 fully saturated rings. The van der Waals surface area contributed by atoms with Crippen molar-refractivity contribution in [3.8, 4) is 0 Å². The van der Waals surface area contributed by atoms with E-state index in [4.69, 9.17) is 0 Å². The number of hydrogen-bond acceptors (Lipinski definition) is 0. The maximum atomic E-state index is 2.34. The summed E-state index contributed by atoms with van der Waals surface area (Å²) in [7, 11) is 0.297. The molecule has 0 bridgehead atoms. The summed E-state index contributed by atoms with van der Waals surface area (Å²) in [5.74, 6) is 0. The lowest BCUT2D eigenvalue weighted by Crippen LogP contribution is -1.94. The third-order valence-electron chi connectivity index (χ3n) is 4.25. The lowest BCUT2D eigenvalue weighted by Gasteiger charge is -1.97. The second-order valence-corrected chi connectivity index (χ2v) is 7.46. The van der Waals surface area contributed by atoms with Crippen LogP contribution < -0.4 is 5.30 Å². The van der Waals surface area contributed by atoms with Gasteiger partial charge in [0.05, 0.1) is 0 Å². The second kappa shape index (κ2) is 1.86. The van der Waals surface area contributed by atoms with Gasteiger partial charge in [0.1, 0.15) is 0 Å². The number of benzene rings is 1. The van der Waals surface area contributed by atoms with Gasteiger partial charge in [0.2, 0.25) is 0 Å². The summed E-state index contributed by atoms with van der Waals surface area (Å²) in [4.78, 5) is 0. The molecule has 13 heavy (non-hydrogen) atoms. The molecule has 0 amide bonds. The maximum Gasteiger partial charge on any atom is 0.00506 e. The highest BCUT2D eigenvalue weighted by molar-refractivity contribution is 7.75. The van der Waals surface area contributed by atoms with Crippen LogP contribution in [0.1, 0.15) is 19.3 Å². The molecule has 1 aromatic rings.